The van der Waals surface area contributed by atoms with E-state index in [-0.39, 0.29) is 81.2 Å². The van der Waals surface area contributed by atoms with E-state index in [2.05, 4.69) is 74.5 Å². The fourth-order valence-corrected chi connectivity index (χ4v) is 12.7. The predicted octanol–water partition coefficient (Wildman–Crippen LogP) is 1.05. The first-order chi connectivity index (χ1) is 55.3. The number of aliphatic hydroxyl groups excluding tert-OH is 1. The molecule has 1 fully saturated rings. The van der Waals surface area contributed by atoms with Gasteiger partial charge in [-0.1, -0.05) is 124 Å². The number of carboxylic acid groups (broad SMARTS) is 1. The molecular weight excluding hydrogens is 1550 g/mol. The van der Waals surface area contributed by atoms with Crippen LogP contribution in [0.5, 0.6) is 0 Å². The molecule has 0 radical (unpaired) electrons. The van der Waals surface area contributed by atoms with E-state index in [1.807, 2.05) is 56.3 Å². The normalized spacial score (nSPS) is 14.8. The molecule has 630 valence electrons. The summed E-state index contributed by atoms with van der Waals surface area (Å²) in [5, 5.41) is 54.7. The van der Waals surface area contributed by atoms with E-state index < -0.39 is 156 Å². The zero-order valence-electron chi connectivity index (χ0n) is 65.4. The van der Waals surface area contributed by atoms with Crippen LogP contribution in [0, 0.1) is 5.92 Å². The number of halogens is 4. The van der Waals surface area contributed by atoms with Gasteiger partial charge in [-0.15, -0.1) is 0 Å². The molecule has 33 nitrogen and oxygen atoms in total. The zero-order valence-corrected chi connectivity index (χ0v) is 66.2. The van der Waals surface area contributed by atoms with Crippen LogP contribution in [-0.4, -0.2) is 190 Å². The maximum absolute atomic E-state index is 15.3. The third-order valence-electron chi connectivity index (χ3n) is 18.5. The molecule has 117 heavy (non-hydrogen) atoms. The summed E-state index contributed by atoms with van der Waals surface area (Å²) in [7, 11) is 0. The maximum atomic E-state index is 15.3. The molecule has 5 aromatic carbocycles. The van der Waals surface area contributed by atoms with Gasteiger partial charge in [0.05, 0.1) is 6.61 Å². The Kier molecular flexibility index (Phi) is 36.7. The lowest BCUT2D eigenvalue weighted by Gasteiger charge is -2.31. The summed E-state index contributed by atoms with van der Waals surface area (Å²) in [6, 6.07) is 19.5. The monoisotopic (exact) mass is 1650 g/mol. The fourth-order valence-electron chi connectivity index (χ4n) is 12.5. The van der Waals surface area contributed by atoms with Crippen LogP contribution < -0.4 is 86.1 Å². The second-order valence-corrected chi connectivity index (χ2v) is 29.3. The van der Waals surface area contributed by atoms with E-state index in [1.54, 1.807) is 62.4 Å². The third kappa shape index (κ3) is 31.9. The number of nitrogens with one attached hydrogen (secondary N) is 12. The number of pyridine rings is 1. The van der Waals surface area contributed by atoms with Crippen LogP contribution in [0.1, 0.15) is 108 Å². The van der Waals surface area contributed by atoms with Crippen LogP contribution >= 0.6 is 11.6 Å². The molecule has 1 saturated heterocycles. The minimum absolute atomic E-state index is 0.00518. The summed E-state index contributed by atoms with van der Waals surface area (Å²) >= 11 is 6.26. The fraction of sp³-hybridized carbons (Fsp3) is 0.412. The van der Waals surface area contributed by atoms with E-state index in [0.29, 0.717) is 58.6 Å². The van der Waals surface area contributed by atoms with Crippen LogP contribution in [0.2, 0.25) is 5.02 Å². The molecule has 6 aromatic rings. The molecule has 37 heteroatoms. The molecule has 0 aliphatic carbocycles. The number of aromatic nitrogens is 1. The highest BCUT2D eigenvalue weighted by atomic mass is 35.5. The number of rotatable bonds is 40. The number of amides is 15. The van der Waals surface area contributed by atoms with Crippen LogP contribution in [-0.2, 0) is 89.6 Å². The van der Waals surface area contributed by atoms with Gasteiger partial charge >= 0.3 is 24.1 Å². The van der Waals surface area contributed by atoms with Crippen molar-refractivity contribution in [2.24, 2.45) is 17.4 Å². The number of likely N-dealkylation sites (tertiary alicyclic amines) is 1. The number of urea groups is 2. The summed E-state index contributed by atoms with van der Waals surface area (Å²) in [5.41, 5.74) is 17.1. The highest BCUT2D eigenvalue weighted by molar-refractivity contribution is 6.30. The summed E-state index contributed by atoms with van der Waals surface area (Å²) in [5.74, 6) is -11.9. The van der Waals surface area contributed by atoms with E-state index in [9.17, 15) is 71.0 Å². The van der Waals surface area contributed by atoms with Crippen LogP contribution in [0.25, 0.3) is 10.8 Å². The average molecular weight is 1650 g/mol. The number of benzene rings is 5. The molecule has 0 saturated carbocycles. The number of aliphatic carboxylic acids is 1. The highest BCUT2D eigenvalue weighted by Crippen LogP contribution is 2.23. The predicted molar refractivity (Wildman–Crippen MR) is 423 cm³/mol. The van der Waals surface area contributed by atoms with Crippen molar-refractivity contribution in [1.29, 1.82) is 0 Å². The number of primary amides is 2. The van der Waals surface area contributed by atoms with Crippen molar-refractivity contribution in [2.45, 2.75) is 185 Å². The number of carboxylic acids is 1. The number of hydrogen-bond acceptors (Lipinski definition) is 18. The molecular formula is C80H101ClF3N17O16. The molecule has 0 unspecified atom stereocenters. The molecule has 1 aliphatic heterocycles. The first-order valence-electron chi connectivity index (χ1n) is 37.8. The van der Waals surface area contributed by atoms with Crippen molar-refractivity contribution >= 4 is 117 Å². The van der Waals surface area contributed by atoms with E-state index in [4.69, 9.17) is 33.0 Å². The van der Waals surface area contributed by atoms with Crippen molar-refractivity contribution in [3.8, 4) is 0 Å². The topological polar surface area (TPSA) is 522 Å². The van der Waals surface area contributed by atoms with Gasteiger partial charge in [-0.3, -0.25) is 58.7 Å². The summed E-state index contributed by atoms with van der Waals surface area (Å²) in [6.45, 7) is 9.98. The Morgan fingerprint density at radius 2 is 0.974 bits per heavy atom. The van der Waals surface area contributed by atoms with Gasteiger partial charge in [0.1, 0.15) is 66.4 Å². The second-order valence-electron chi connectivity index (χ2n) is 28.8. The number of alkyl halides is 3. The SMILES string of the molecule is CC(=O)N[C@H](Cc1ccc2ccccc2c1)C(=O)N[C@H](Cc1ccc(Cl)cc1)C(=O)N[C@H](Cc1cccnc1)C(=O)N[C@@H](CO)C(=O)N[C@@H](Cc1ccc(NC(N)=O)cc1)C(=O)N[C@H](Cc1ccc(NC(N)=O)cc1)C(=O)N[C@@H](CC(C)C)C(=O)N[C@@H](CCCCNC(C)C)C(=O)N1CCC[C@H]1C(=O)N[C@H](C)C([NH3+])=O.O=C([O-])C(F)(F)F. The van der Waals surface area contributed by atoms with Crippen LogP contribution in [0.4, 0.5) is 34.1 Å². The number of fused-ring (bicyclic) bond motifs is 1. The summed E-state index contributed by atoms with van der Waals surface area (Å²) in [6.07, 6.45) is -1.39. The van der Waals surface area contributed by atoms with Gasteiger partial charge in [0.2, 0.25) is 59.1 Å². The number of carbonyl (C=O) groups is 14. The van der Waals surface area contributed by atoms with Crippen molar-refractivity contribution in [1.82, 2.24) is 63.1 Å². The number of nitrogens with two attached hydrogens (primary N) is 2. The van der Waals surface area contributed by atoms with Gasteiger partial charge in [-0.25, -0.2) is 14.4 Å². The summed E-state index contributed by atoms with van der Waals surface area (Å²) in [4.78, 5) is 196. The zero-order chi connectivity index (χ0) is 86.2. The van der Waals surface area contributed by atoms with Gasteiger partial charge in [0.15, 0.2) is 0 Å². The molecule has 7 rings (SSSR count). The Morgan fingerprint density at radius 1 is 0.547 bits per heavy atom. The molecule has 1 aliphatic rings. The minimum atomic E-state index is -5.19. The molecule has 15 amide bonds. The first-order valence-corrected chi connectivity index (χ1v) is 38.1. The van der Waals surface area contributed by atoms with Crippen molar-refractivity contribution in [3.63, 3.8) is 0 Å². The van der Waals surface area contributed by atoms with Gasteiger partial charge in [0, 0.05) is 80.4 Å². The standard InChI is InChI=1S/C78H100ClN17O14.C2HF3O2/c1-44(2)35-59(68(100)89-58(16-9-10-33-84-45(3)4)76(108)96-34-12-17-66(96)75(107)85-46(5)67(80)99)90-70(102)62(38-49-21-28-56(29-22-49)87-77(81)109)92-72(104)63(39-50-23-30-57(31-24-50)88-78(82)110)94-74(106)65(43-97)95-73(105)64(41-52-13-11-32-83-42-52)93-71(103)61(37-48-19-26-55(79)27-20-48)91-69(101)60(86-47(6)98)40-51-18-25-53-14-7-8-15-54(53)36-51;3-2(4,5)1(6)7/h7-8,11,13-15,18-32,36,42,44-46,58-66,84,97H,9-10,12,16-17,33-35,37-41,43H2,1-6H3,(H2,80,99)(H,85,107)(H,86,98)(H,89,100)(H,90,102)(H,91,101)(H,92,104)(H,93,103)(H,94,106)(H,95,105)(H3,81,87,109)(H3,82,88,110);(H,6,7)/t46-,58+,59+,60-,61-,62-,63+,64-,65+,66+;/m1./s1. The number of carbonyl (C=O) groups excluding carboxylic acids is 14. The lowest BCUT2D eigenvalue weighted by atomic mass is 9.99. The smallest absolute Gasteiger partial charge is 0.430 e. The Bertz CT molecular complexity index is 4440. The minimum Gasteiger partial charge on any atom is -0.542 e. The lowest BCUT2D eigenvalue weighted by molar-refractivity contribution is -0.344. The third-order valence-corrected chi connectivity index (χ3v) is 18.7. The number of quaternary nitrogens is 1. The summed E-state index contributed by atoms with van der Waals surface area (Å²) < 4.78 is 31.5. The molecule has 20 N–H and O–H groups in total. The van der Waals surface area contributed by atoms with Crippen molar-refractivity contribution in [2.75, 3.05) is 30.3 Å². The quantitative estimate of drug-likeness (QED) is 0.0239. The maximum Gasteiger partial charge on any atom is 0.430 e. The number of hydrogen-bond donors (Lipinski definition) is 16. The Balaban J connectivity index is 0.00000290. The highest BCUT2D eigenvalue weighted by Gasteiger charge is 2.41. The average Bonchev–Trinajstić information content (AvgIpc) is 1.68. The Labute approximate surface area is 678 Å². The first kappa shape index (κ1) is 93.7. The van der Waals surface area contributed by atoms with E-state index >= 15 is 9.59 Å². The second kappa shape index (κ2) is 45.8. The molecule has 0 spiro atoms. The Morgan fingerprint density at radius 3 is 1.42 bits per heavy atom. The van der Waals surface area contributed by atoms with Crippen molar-refractivity contribution < 1.29 is 96.2 Å². The van der Waals surface area contributed by atoms with Gasteiger partial charge in [0.25, 0.3) is 0 Å². The van der Waals surface area contributed by atoms with Gasteiger partial charge < -0.3 is 95.2 Å². The molecule has 2 heterocycles. The number of nitrogens with zero attached hydrogens (tertiary/aromatic N) is 2. The number of unbranched alkanes of at least 4 members (excludes halogenated alkanes) is 1. The van der Waals surface area contributed by atoms with Crippen LogP contribution in [0.15, 0.2) is 140 Å². The molecule has 10 atom stereocenters. The number of aliphatic hydroxyl groups is 1. The van der Waals surface area contributed by atoms with Crippen LogP contribution in [0.3, 0.4) is 0 Å². The Hall–Kier alpha value is -12.1. The van der Waals surface area contributed by atoms with E-state index in [0.717, 1.165) is 10.8 Å². The number of anilines is 2. The molecule has 0 bridgehead atoms. The largest absolute Gasteiger partial charge is 0.542 e. The van der Waals surface area contributed by atoms with Crippen molar-refractivity contribution in [3.05, 3.63) is 173 Å². The lowest BCUT2D eigenvalue weighted by Crippen LogP contribution is -2.66. The van der Waals surface area contributed by atoms with E-state index in [1.165, 1.54) is 67.5 Å². The molecule has 1 aromatic heterocycles. The van der Waals surface area contributed by atoms with Gasteiger partial charge in [-0.05, 0) is 139 Å². The van der Waals surface area contributed by atoms with Gasteiger partial charge in [-0.2, -0.15) is 13.2 Å².